The molecule has 1 aromatic heterocycles. The molecule has 2 aromatic rings. The summed E-state index contributed by atoms with van der Waals surface area (Å²) in [6.45, 7) is 8.09. The van der Waals surface area contributed by atoms with E-state index in [1.54, 1.807) is 6.20 Å². The molecule has 2 rings (SSSR count). The molecule has 1 N–H and O–H groups in total. The smallest absolute Gasteiger partial charge is 0.259 e. The van der Waals surface area contributed by atoms with Crippen molar-refractivity contribution in [2.75, 3.05) is 5.32 Å². The zero-order valence-electron chi connectivity index (χ0n) is 12.1. The molecule has 1 heterocycles. The molecule has 0 aliphatic carbocycles. The maximum Gasteiger partial charge on any atom is 0.259 e. The van der Waals surface area contributed by atoms with Gasteiger partial charge in [-0.05, 0) is 52.0 Å². The minimum absolute atomic E-state index is 0.139. The highest BCUT2D eigenvalue weighted by Crippen LogP contribution is 2.20. The average molecular weight is 336 g/mol. The Morgan fingerprint density at radius 2 is 1.85 bits per heavy atom. The van der Waals surface area contributed by atoms with Crippen LogP contribution in [0.4, 0.5) is 5.69 Å². The SMILES string of the molecule is Cc1c(C(=O)Nc2ccc(Br)cc2)cnn1C(C)(C)C. The molecule has 1 aromatic carbocycles. The molecule has 5 heteroatoms. The van der Waals surface area contributed by atoms with Gasteiger partial charge in [-0.1, -0.05) is 15.9 Å². The number of amides is 1. The Bertz CT molecular complexity index is 624. The van der Waals surface area contributed by atoms with E-state index in [0.717, 1.165) is 15.9 Å². The van der Waals surface area contributed by atoms with Crippen LogP contribution in [0.15, 0.2) is 34.9 Å². The molecule has 1 amide bonds. The maximum absolute atomic E-state index is 12.3. The van der Waals surface area contributed by atoms with Crippen molar-refractivity contribution in [3.63, 3.8) is 0 Å². The van der Waals surface area contributed by atoms with Crippen LogP contribution in [0.3, 0.4) is 0 Å². The summed E-state index contributed by atoms with van der Waals surface area (Å²) in [5.74, 6) is -0.139. The van der Waals surface area contributed by atoms with Crippen LogP contribution in [0.2, 0.25) is 0 Å². The summed E-state index contributed by atoms with van der Waals surface area (Å²) in [4.78, 5) is 12.3. The number of carbonyl (C=O) groups excluding carboxylic acids is 1. The first-order valence-corrected chi connectivity index (χ1v) is 7.20. The molecule has 0 aliphatic heterocycles. The molecule has 0 radical (unpaired) electrons. The van der Waals surface area contributed by atoms with E-state index in [0.29, 0.717) is 5.56 Å². The first-order valence-electron chi connectivity index (χ1n) is 6.41. The van der Waals surface area contributed by atoms with Crippen molar-refractivity contribution in [1.29, 1.82) is 0 Å². The highest BCUT2D eigenvalue weighted by atomic mass is 79.9. The van der Waals surface area contributed by atoms with Gasteiger partial charge >= 0.3 is 0 Å². The van der Waals surface area contributed by atoms with E-state index >= 15 is 0 Å². The lowest BCUT2D eigenvalue weighted by Gasteiger charge is -2.21. The van der Waals surface area contributed by atoms with E-state index in [2.05, 4.69) is 47.1 Å². The molecule has 20 heavy (non-hydrogen) atoms. The molecule has 0 aliphatic rings. The van der Waals surface area contributed by atoms with Gasteiger partial charge in [0.05, 0.1) is 17.3 Å². The Morgan fingerprint density at radius 3 is 2.35 bits per heavy atom. The lowest BCUT2D eigenvalue weighted by atomic mass is 10.1. The van der Waals surface area contributed by atoms with Gasteiger partial charge in [0.15, 0.2) is 0 Å². The number of rotatable bonds is 2. The maximum atomic E-state index is 12.3. The number of nitrogens with one attached hydrogen (secondary N) is 1. The summed E-state index contributed by atoms with van der Waals surface area (Å²) >= 11 is 3.37. The fourth-order valence-electron chi connectivity index (χ4n) is 2.04. The van der Waals surface area contributed by atoms with Crippen molar-refractivity contribution >= 4 is 27.5 Å². The Balaban J connectivity index is 2.22. The van der Waals surface area contributed by atoms with Gasteiger partial charge in [-0.2, -0.15) is 5.10 Å². The Labute approximate surface area is 127 Å². The van der Waals surface area contributed by atoms with Gasteiger partial charge in [0.2, 0.25) is 0 Å². The normalized spacial score (nSPS) is 11.4. The second-order valence-corrected chi connectivity index (χ2v) is 6.60. The van der Waals surface area contributed by atoms with Crippen LogP contribution in [0, 0.1) is 6.92 Å². The van der Waals surface area contributed by atoms with E-state index < -0.39 is 0 Å². The molecule has 0 spiro atoms. The summed E-state index contributed by atoms with van der Waals surface area (Å²) in [6.07, 6.45) is 1.62. The fraction of sp³-hybridized carbons (Fsp3) is 0.333. The quantitative estimate of drug-likeness (QED) is 0.902. The summed E-state index contributed by atoms with van der Waals surface area (Å²) in [6, 6.07) is 7.49. The highest BCUT2D eigenvalue weighted by Gasteiger charge is 2.21. The van der Waals surface area contributed by atoms with Crippen LogP contribution < -0.4 is 5.32 Å². The summed E-state index contributed by atoms with van der Waals surface area (Å²) in [7, 11) is 0. The minimum atomic E-state index is -0.139. The monoisotopic (exact) mass is 335 g/mol. The number of hydrogen-bond acceptors (Lipinski definition) is 2. The molecule has 106 valence electrons. The van der Waals surface area contributed by atoms with Gasteiger partial charge < -0.3 is 5.32 Å². The highest BCUT2D eigenvalue weighted by molar-refractivity contribution is 9.10. The Morgan fingerprint density at radius 1 is 1.25 bits per heavy atom. The Kier molecular flexibility index (Phi) is 3.99. The fourth-order valence-corrected chi connectivity index (χ4v) is 2.30. The van der Waals surface area contributed by atoms with Crippen molar-refractivity contribution in [2.24, 2.45) is 0 Å². The van der Waals surface area contributed by atoms with Crippen LogP contribution in [-0.2, 0) is 5.54 Å². The van der Waals surface area contributed by atoms with Gasteiger partial charge in [0.1, 0.15) is 0 Å². The van der Waals surface area contributed by atoms with Crippen molar-refractivity contribution in [2.45, 2.75) is 33.2 Å². The number of nitrogens with zero attached hydrogens (tertiary/aromatic N) is 2. The number of carbonyl (C=O) groups is 1. The first kappa shape index (κ1) is 14.8. The standard InChI is InChI=1S/C15H18BrN3O/c1-10-13(9-17-19(10)15(2,3)4)14(20)18-12-7-5-11(16)6-8-12/h5-9H,1-4H3,(H,18,20). The third kappa shape index (κ3) is 3.10. The minimum Gasteiger partial charge on any atom is -0.322 e. The molecule has 0 fully saturated rings. The number of anilines is 1. The lowest BCUT2D eigenvalue weighted by molar-refractivity contribution is 0.102. The third-order valence-corrected chi connectivity index (χ3v) is 3.52. The summed E-state index contributed by atoms with van der Waals surface area (Å²) in [5, 5.41) is 7.19. The van der Waals surface area contributed by atoms with Crippen LogP contribution in [0.1, 0.15) is 36.8 Å². The second-order valence-electron chi connectivity index (χ2n) is 5.69. The van der Waals surface area contributed by atoms with Crippen LogP contribution in [-0.4, -0.2) is 15.7 Å². The predicted molar refractivity (Wildman–Crippen MR) is 84.1 cm³/mol. The van der Waals surface area contributed by atoms with E-state index in [9.17, 15) is 4.79 Å². The van der Waals surface area contributed by atoms with Crippen LogP contribution in [0.5, 0.6) is 0 Å². The zero-order chi connectivity index (χ0) is 14.9. The largest absolute Gasteiger partial charge is 0.322 e. The number of aromatic nitrogens is 2. The number of benzene rings is 1. The molecule has 0 saturated heterocycles. The molecule has 0 bridgehead atoms. The van der Waals surface area contributed by atoms with Gasteiger partial charge in [-0.25, -0.2) is 0 Å². The van der Waals surface area contributed by atoms with Crippen LogP contribution in [0.25, 0.3) is 0 Å². The summed E-state index contributed by atoms with van der Waals surface area (Å²) < 4.78 is 2.84. The number of hydrogen-bond donors (Lipinski definition) is 1. The van der Waals surface area contributed by atoms with Gasteiger partial charge in [-0.15, -0.1) is 0 Å². The molecule has 0 unspecified atom stereocenters. The number of halogens is 1. The van der Waals surface area contributed by atoms with Gasteiger partial charge in [0, 0.05) is 15.9 Å². The molecule has 4 nitrogen and oxygen atoms in total. The van der Waals surface area contributed by atoms with Gasteiger partial charge in [0.25, 0.3) is 5.91 Å². The van der Waals surface area contributed by atoms with E-state index in [1.807, 2.05) is 35.9 Å². The topological polar surface area (TPSA) is 46.9 Å². The summed E-state index contributed by atoms with van der Waals surface area (Å²) in [5.41, 5.74) is 2.09. The van der Waals surface area contributed by atoms with E-state index in [-0.39, 0.29) is 11.4 Å². The van der Waals surface area contributed by atoms with E-state index in [4.69, 9.17) is 0 Å². The molecular formula is C15H18BrN3O. The predicted octanol–water partition coefficient (Wildman–Crippen LogP) is 3.96. The van der Waals surface area contributed by atoms with Crippen LogP contribution >= 0.6 is 15.9 Å². The first-order chi connectivity index (χ1) is 9.29. The van der Waals surface area contributed by atoms with Gasteiger partial charge in [-0.3, -0.25) is 9.48 Å². The second kappa shape index (κ2) is 5.40. The van der Waals surface area contributed by atoms with Crippen molar-refractivity contribution in [1.82, 2.24) is 9.78 Å². The Hall–Kier alpha value is -1.62. The molecule has 0 atom stereocenters. The molecule has 0 saturated carbocycles. The third-order valence-electron chi connectivity index (χ3n) is 2.99. The lowest BCUT2D eigenvalue weighted by Crippen LogP contribution is -2.25. The van der Waals surface area contributed by atoms with Crippen molar-refractivity contribution in [3.05, 3.63) is 46.2 Å². The zero-order valence-corrected chi connectivity index (χ0v) is 13.7. The molecular weight excluding hydrogens is 318 g/mol. The average Bonchev–Trinajstić information content (AvgIpc) is 2.74. The van der Waals surface area contributed by atoms with E-state index in [1.165, 1.54) is 0 Å². The van der Waals surface area contributed by atoms with Crippen molar-refractivity contribution in [3.8, 4) is 0 Å². The van der Waals surface area contributed by atoms with Crippen molar-refractivity contribution < 1.29 is 4.79 Å².